The number of aliphatic imine (C=N–C) groups is 1. The molecular weight excluding hydrogens is 300 g/mol. The zero-order valence-electron chi connectivity index (χ0n) is 8.98. The molecule has 2 heterocycles. The number of hydrogen-bond donors (Lipinski definition) is 0. The van der Waals surface area contributed by atoms with Gasteiger partial charge < -0.3 is 14.2 Å². The van der Waals surface area contributed by atoms with E-state index in [4.69, 9.17) is 49.0 Å². The van der Waals surface area contributed by atoms with Crippen molar-refractivity contribution < 1.29 is 14.2 Å². The highest BCUT2D eigenvalue weighted by atomic mass is 35.6. The quantitative estimate of drug-likeness (QED) is 0.748. The first-order chi connectivity index (χ1) is 8.53. The molecule has 2 aliphatic rings. The summed E-state index contributed by atoms with van der Waals surface area (Å²) in [5.41, 5.74) is 0.943. The minimum Gasteiger partial charge on any atom is -0.464 e. The molecule has 0 N–H and O–H groups in total. The van der Waals surface area contributed by atoms with Crippen LogP contribution in [0.4, 0.5) is 0 Å². The Morgan fingerprint density at radius 1 is 1.22 bits per heavy atom. The highest BCUT2D eigenvalue weighted by molar-refractivity contribution is 6.67. The van der Waals surface area contributed by atoms with Gasteiger partial charge in [-0.3, -0.25) is 0 Å². The van der Waals surface area contributed by atoms with Gasteiger partial charge in [-0.2, -0.15) is 4.99 Å². The summed E-state index contributed by atoms with van der Waals surface area (Å²) in [5.74, 6) is 0.775. The fourth-order valence-corrected chi connectivity index (χ4v) is 2.01. The van der Waals surface area contributed by atoms with Crippen molar-refractivity contribution in [2.24, 2.45) is 4.99 Å². The van der Waals surface area contributed by atoms with Gasteiger partial charge in [0.25, 0.3) is 0 Å². The van der Waals surface area contributed by atoms with Crippen molar-refractivity contribution in [3.8, 4) is 5.75 Å². The molecule has 0 unspecified atom stereocenters. The van der Waals surface area contributed by atoms with Gasteiger partial charge in [0.15, 0.2) is 6.10 Å². The van der Waals surface area contributed by atoms with Crippen molar-refractivity contribution in [1.29, 1.82) is 0 Å². The van der Waals surface area contributed by atoms with Crippen molar-refractivity contribution in [3.63, 3.8) is 0 Å². The van der Waals surface area contributed by atoms with Gasteiger partial charge in [-0.15, -0.1) is 0 Å². The van der Waals surface area contributed by atoms with E-state index in [2.05, 4.69) is 4.99 Å². The van der Waals surface area contributed by atoms with Gasteiger partial charge in [-0.1, -0.05) is 53.0 Å². The normalized spacial score (nSPS) is 24.7. The Balaban J connectivity index is 1.69. The van der Waals surface area contributed by atoms with Crippen molar-refractivity contribution >= 4 is 40.9 Å². The second-order valence-corrected chi connectivity index (χ2v) is 6.40. The van der Waals surface area contributed by atoms with Gasteiger partial charge in [0, 0.05) is 5.56 Å². The minimum atomic E-state index is -1.50. The lowest BCUT2D eigenvalue weighted by Gasteiger charge is -2.12. The summed E-state index contributed by atoms with van der Waals surface area (Å²) in [6.07, 6.45) is -0.620. The van der Waals surface area contributed by atoms with Crippen molar-refractivity contribution in [2.75, 3.05) is 6.61 Å². The van der Waals surface area contributed by atoms with Gasteiger partial charge in [-0.25, -0.2) is 0 Å². The molecule has 7 heteroatoms. The van der Waals surface area contributed by atoms with Crippen LogP contribution in [0.1, 0.15) is 11.7 Å². The maximum absolute atomic E-state index is 5.60. The van der Waals surface area contributed by atoms with Gasteiger partial charge in [0.2, 0.25) is 10.0 Å². The van der Waals surface area contributed by atoms with E-state index >= 15 is 0 Å². The number of para-hydroxylation sites is 1. The topological polar surface area (TPSA) is 40.0 Å². The van der Waals surface area contributed by atoms with E-state index in [0.717, 1.165) is 11.3 Å². The summed E-state index contributed by atoms with van der Waals surface area (Å²) >= 11 is 16.7. The molecule has 3 rings (SSSR count). The van der Waals surface area contributed by atoms with Crippen LogP contribution in [0.25, 0.3) is 0 Å². The highest BCUT2D eigenvalue weighted by Gasteiger charge is 2.42. The van der Waals surface area contributed by atoms with Crippen molar-refractivity contribution in [2.45, 2.75) is 16.1 Å². The number of alkyl halides is 3. The molecule has 2 atom stereocenters. The average molecular weight is 309 g/mol. The number of hydrogen-bond acceptors (Lipinski definition) is 4. The Morgan fingerprint density at radius 3 is 2.78 bits per heavy atom. The number of ether oxygens (including phenoxy) is 3. The van der Waals surface area contributed by atoms with Crippen LogP contribution < -0.4 is 4.74 Å². The third-order valence-corrected chi connectivity index (χ3v) is 2.88. The molecule has 0 fully saturated rings. The monoisotopic (exact) mass is 307 g/mol. The SMILES string of the molecule is ClC(Cl)(Cl)COC1=N[C@H]2Oc3ccccc3[C@H]2O1. The van der Waals surface area contributed by atoms with E-state index in [-0.39, 0.29) is 18.8 Å². The van der Waals surface area contributed by atoms with Crippen LogP contribution >= 0.6 is 34.8 Å². The molecule has 1 aromatic rings. The Morgan fingerprint density at radius 2 is 2.00 bits per heavy atom. The predicted molar refractivity (Wildman–Crippen MR) is 68.4 cm³/mol. The molecule has 18 heavy (non-hydrogen) atoms. The fraction of sp³-hybridized carbons (Fsp3) is 0.364. The Bertz CT molecular complexity index is 501. The molecule has 0 saturated heterocycles. The van der Waals surface area contributed by atoms with E-state index in [1.165, 1.54) is 0 Å². The largest absolute Gasteiger partial charge is 0.464 e. The zero-order valence-corrected chi connectivity index (χ0v) is 11.2. The number of benzene rings is 1. The maximum Gasteiger partial charge on any atom is 0.388 e. The Hall–Kier alpha value is -0.840. The van der Waals surface area contributed by atoms with E-state index in [0.29, 0.717) is 0 Å². The molecule has 0 bridgehead atoms. The third kappa shape index (κ3) is 2.32. The first-order valence-corrected chi connectivity index (χ1v) is 6.36. The molecule has 0 aromatic heterocycles. The molecule has 0 radical (unpaired) electrons. The van der Waals surface area contributed by atoms with Gasteiger partial charge in [-0.05, 0) is 6.07 Å². The molecular formula is C11H8Cl3NO3. The standard InChI is InChI=1S/C11H8Cl3NO3/c12-11(13,14)5-16-10-15-9-8(18-10)6-3-1-2-4-7(6)17-9/h1-4,8-9H,5H2/t8-,9+/m1/s1. The van der Waals surface area contributed by atoms with Gasteiger partial charge >= 0.3 is 6.08 Å². The second-order valence-electron chi connectivity index (χ2n) is 3.88. The molecule has 0 saturated carbocycles. The Labute approximate surface area is 118 Å². The lowest BCUT2D eigenvalue weighted by Crippen LogP contribution is -2.17. The van der Waals surface area contributed by atoms with E-state index < -0.39 is 10.0 Å². The summed E-state index contributed by atoms with van der Waals surface area (Å²) in [6.45, 7) is -0.127. The van der Waals surface area contributed by atoms with E-state index in [9.17, 15) is 0 Å². The van der Waals surface area contributed by atoms with Crippen molar-refractivity contribution in [1.82, 2.24) is 0 Å². The van der Waals surface area contributed by atoms with Crippen LogP contribution in [-0.2, 0) is 9.47 Å². The Kier molecular flexibility index (Phi) is 2.96. The number of fused-ring (bicyclic) bond motifs is 3. The number of nitrogens with zero attached hydrogens (tertiary/aromatic N) is 1. The lowest BCUT2D eigenvalue weighted by molar-refractivity contribution is 0.0898. The first kappa shape index (κ1) is 12.2. The van der Waals surface area contributed by atoms with Gasteiger partial charge in [0.1, 0.15) is 12.4 Å². The summed E-state index contributed by atoms with van der Waals surface area (Å²) in [4.78, 5) is 4.14. The van der Waals surface area contributed by atoms with Crippen molar-refractivity contribution in [3.05, 3.63) is 29.8 Å². The van der Waals surface area contributed by atoms with Crippen LogP contribution in [0, 0.1) is 0 Å². The molecule has 0 aliphatic carbocycles. The average Bonchev–Trinajstić information content (AvgIpc) is 2.82. The summed E-state index contributed by atoms with van der Waals surface area (Å²) in [5, 5.41) is 0. The molecule has 96 valence electrons. The molecule has 0 amide bonds. The minimum absolute atomic E-state index is 0.0887. The smallest absolute Gasteiger partial charge is 0.388 e. The van der Waals surface area contributed by atoms with Crippen LogP contribution in [0.5, 0.6) is 5.75 Å². The molecule has 0 spiro atoms. The molecule has 1 aromatic carbocycles. The fourth-order valence-electron chi connectivity index (χ4n) is 1.84. The maximum atomic E-state index is 5.60. The van der Waals surface area contributed by atoms with Crippen LogP contribution in [0.2, 0.25) is 0 Å². The zero-order chi connectivity index (χ0) is 12.8. The van der Waals surface area contributed by atoms with E-state index in [1.807, 2.05) is 24.3 Å². The molecule has 2 aliphatic heterocycles. The second kappa shape index (κ2) is 4.37. The number of halogens is 3. The summed E-state index contributed by atoms with van der Waals surface area (Å²) in [7, 11) is 0. The van der Waals surface area contributed by atoms with Crippen LogP contribution in [-0.4, -0.2) is 22.7 Å². The number of rotatable bonds is 1. The van der Waals surface area contributed by atoms with Crippen LogP contribution in [0.3, 0.4) is 0 Å². The highest BCUT2D eigenvalue weighted by Crippen LogP contribution is 2.42. The van der Waals surface area contributed by atoms with E-state index in [1.54, 1.807) is 0 Å². The van der Waals surface area contributed by atoms with Crippen LogP contribution in [0.15, 0.2) is 29.3 Å². The summed E-state index contributed by atoms with van der Waals surface area (Å²) in [6, 6.07) is 7.60. The predicted octanol–water partition coefficient (Wildman–Crippen LogP) is 3.22. The molecule has 4 nitrogen and oxygen atoms in total. The van der Waals surface area contributed by atoms with Gasteiger partial charge in [0.05, 0.1) is 0 Å². The summed E-state index contributed by atoms with van der Waals surface area (Å²) < 4.78 is 14.8. The third-order valence-electron chi connectivity index (χ3n) is 2.55. The lowest BCUT2D eigenvalue weighted by atomic mass is 10.1. The first-order valence-electron chi connectivity index (χ1n) is 5.22.